The maximum Gasteiger partial charge on any atom is 0.261 e. The largest absolute Gasteiger partial charge is 0.497 e. The average Bonchev–Trinajstić information content (AvgIpc) is 3.40. The van der Waals surface area contributed by atoms with Crippen LogP contribution in [-0.2, 0) is 14.4 Å². The SMILES string of the molecule is COc1ccc(C(=O)N2C(=O)C[C@@]2(C)COc2ccccc2)cc1.COc1ccc(C(=O)N2C(=O)C[C@@]2(C)COc2ccccc2)cc1.COc1ccc(C(=O)N2C(=O)C[C@@]2(C)COc2ccccc2)cc1. The van der Waals surface area contributed by atoms with E-state index in [4.69, 9.17) is 28.4 Å². The van der Waals surface area contributed by atoms with Crippen molar-refractivity contribution in [1.29, 1.82) is 0 Å². The Hall–Kier alpha value is -8.46. The highest BCUT2D eigenvalue weighted by molar-refractivity contribution is 6.10. The molecule has 0 spiro atoms. The molecule has 6 aromatic rings. The monoisotopic (exact) mass is 975 g/mol. The number of hydrogen-bond acceptors (Lipinski definition) is 12. The normalized spacial score (nSPS) is 19.6. The fraction of sp³-hybridized carbons (Fsp3) is 0.263. The number of benzene rings is 6. The molecule has 15 nitrogen and oxygen atoms in total. The van der Waals surface area contributed by atoms with Gasteiger partial charge in [0, 0.05) is 16.7 Å². The van der Waals surface area contributed by atoms with Crippen molar-refractivity contribution < 1.29 is 57.2 Å². The summed E-state index contributed by atoms with van der Waals surface area (Å²) in [5.74, 6) is 2.65. The molecule has 0 aromatic heterocycles. The summed E-state index contributed by atoms with van der Waals surface area (Å²) < 4.78 is 32.5. The van der Waals surface area contributed by atoms with E-state index < -0.39 is 16.6 Å². The lowest BCUT2D eigenvalue weighted by molar-refractivity contribution is -0.152. The molecule has 3 saturated heterocycles. The highest BCUT2D eigenvalue weighted by Crippen LogP contribution is 2.37. The number of carbonyl (C=O) groups is 6. The van der Waals surface area contributed by atoms with Crippen LogP contribution in [0, 0.1) is 0 Å². The molecule has 3 fully saturated rings. The Labute approximate surface area is 418 Å². The van der Waals surface area contributed by atoms with Crippen molar-refractivity contribution in [2.75, 3.05) is 41.2 Å². The lowest BCUT2D eigenvalue weighted by Crippen LogP contribution is -2.66. The summed E-state index contributed by atoms with van der Waals surface area (Å²) in [6, 6.07) is 48.2. The van der Waals surface area contributed by atoms with Gasteiger partial charge in [0.2, 0.25) is 17.7 Å². The average molecular weight is 976 g/mol. The molecule has 6 amide bonds. The minimum atomic E-state index is -0.635. The van der Waals surface area contributed by atoms with Crippen LogP contribution in [0.1, 0.15) is 71.1 Å². The molecule has 3 heterocycles. The molecule has 0 radical (unpaired) electrons. The summed E-state index contributed by atoms with van der Waals surface area (Å²) in [4.78, 5) is 77.9. The van der Waals surface area contributed by atoms with Gasteiger partial charge >= 0.3 is 0 Å². The fourth-order valence-corrected chi connectivity index (χ4v) is 8.36. The van der Waals surface area contributed by atoms with Crippen LogP contribution in [0.25, 0.3) is 0 Å². The van der Waals surface area contributed by atoms with E-state index in [-0.39, 0.29) is 55.3 Å². The lowest BCUT2D eigenvalue weighted by atomic mass is 9.85. The van der Waals surface area contributed by atoms with Crippen LogP contribution < -0.4 is 28.4 Å². The van der Waals surface area contributed by atoms with Crippen LogP contribution in [0.2, 0.25) is 0 Å². The van der Waals surface area contributed by atoms with E-state index in [1.807, 2.05) is 112 Å². The zero-order valence-electron chi connectivity index (χ0n) is 41.1. The first-order valence-electron chi connectivity index (χ1n) is 23.2. The number of methoxy groups -OCH3 is 3. The van der Waals surface area contributed by atoms with E-state index in [2.05, 4.69) is 0 Å². The van der Waals surface area contributed by atoms with Crippen LogP contribution in [0.5, 0.6) is 34.5 Å². The third-order valence-electron chi connectivity index (χ3n) is 12.5. The summed E-state index contributed by atoms with van der Waals surface area (Å²) in [5, 5.41) is 0. The molecule has 0 aliphatic carbocycles. The number of likely N-dealkylation sites (tertiary alicyclic amines) is 3. The van der Waals surface area contributed by atoms with Crippen molar-refractivity contribution in [2.24, 2.45) is 0 Å². The van der Waals surface area contributed by atoms with Crippen LogP contribution in [-0.4, -0.2) is 108 Å². The molecule has 0 unspecified atom stereocenters. The zero-order valence-corrected chi connectivity index (χ0v) is 41.1. The molecule has 72 heavy (non-hydrogen) atoms. The maximum absolute atomic E-state index is 12.7. The third kappa shape index (κ3) is 11.8. The van der Waals surface area contributed by atoms with Gasteiger partial charge in [-0.05, 0) is 130 Å². The number of β-lactam (4-membered cyclic amide) rings is 3. The quantitative estimate of drug-likeness (QED) is 0.0710. The Kier molecular flexibility index (Phi) is 16.1. The molecular formula is C57H57N3O12. The molecule has 0 N–H and O–H groups in total. The van der Waals surface area contributed by atoms with E-state index in [0.717, 1.165) is 17.2 Å². The summed E-state index contributed by atoms with van der Waals surface area (Å²) in [6.45, 7) is 6.39. The highest BCUT2D eigenvalue weighted by Gasteiger charge is 2.53. The van der Waals surface area contributed by atoms with E-state index in [1.165, 1.54) is 14.7 Å². The number of nitrogens with zero attached hydrogens (tertiary/aromatic N) is 3. The topological polar surface area (TPSA) is 168 Å². The Morgan fingerprint density at radius 2 is 0.583 bits per heavy atom. The summed E-state index contributed by atoms with van der Waals surface area (Å²) in [5.41, 5.74) is -0.544. The predicted octanol–water partition coefficient (Wildman–Crippen LogP) is 8.72. The van der Waals surface area contributed by atoms with Gasteiger partial charge in [-0.2, -0.15) is 0 Å². The Balaban J connectivity index is 0.000000158. The Bertz CT molecular complexity index is 2540. The maximum atomic E-state index is 12.7. The van der Waals surface area contributed by atoms with Crippen molar-refractivity contribution in [2.45, 2.75) is 56.7 Å². The standard InChI is InChI=1S/3C19H19NO4/c3*1-19(13-24-16-6-4-3-5-7-16)12-17(21)20(19)18(22)14-8-10-15(23-2)11-9-14/h3*3-11H,12-13H2,1-2H3/t3*19-/m000/s1. The molecular weight excluding hydrogens is 919 g/mol. The van der Waals surface area contributed by atoms with Gasteiger partial charge < -0.3 is 28.4 Å². The summed E-state index contributed by atoms with van der Waals surface area (Å²) in [6.07, 6.45) is 0.880. The number of ether oxygens (including phenoxy) is 6. The smallest absolute Gasteiger partial charge is 0.261 e. The van der Waals surface area contributed by atoms with Crippen molar-refractivity contribution in [1.82, 2.24) is 14.7 Å². The van der Waals surface area contributed by atoms with Gasteiger partial charge in [-0.15, -0.1) is 0 Å². The molecule has 3 atom stereocenters. The van der Waals surface area contributed by atoms with Gasteiger partial charge in [-0.3, -0.25) is 43.5 Å². The molecule has 372 valence electrons. The predicted molar refractivity (Wildman–Crippen MR) is 267 cm³/mol. The second kappa shape index (κ2) is 22.5. The first kappa shape index (κ1) is 51.4. The number of hydrogen-bond donors (Lipinski definition) is 0. The summed E-state index contributed by atoms with van der Waals surface area (Å²) >= 11 is 0. The number of para-hydroxylation sites is 3. The minimum Gasteiger partial charge on any atom is -0.497 e. The van der Waals surface area contributed by atoms with Gasteiger partial charge in [0.1, 0.15) is 54.3 Å². The number of amides is 6. The van der Waals surface area contributed by atoms with Gasteiger partial charge in [0.15, 0.2) is 0 Å². The van der Waals surface area contributed by atoms with Crippen molar-refractivity contribution >= 4 is 35.4 Å². The molecule has 9 rings (SSSR count). The van der Waals surface area contributed by atoms with Gasteiger partial charge in [-0.1, -0.05) is 54.6 Å². The first-order chi connectivity index (χ1) is 34.6. The molecule has 3 aliphatic rings. The number of rotatable bonds is 15. The van der Waals surface area contributed by atoms with Crippen molar-refractivity contribution in [3.8, 4) is 34.5 Å². The van der Waals surface area contributed by atoms with Crippen molar-refractivity contribution in [3.05, 3.63) is 180 Å². The lowest BCUT2D eigenvalue weighted by Gasteiger charge is -2.47. The summed E-state index contributed by atoms with van der Waals surface area (Å²) in [7, 11) is 4.69. The van der Waals surface area contributed by atoms with E-state index in [0.29, 0.717) is 53.2 Å². The van der Waals surface area contributed by atoms with Crippen LogP contribution in [0.3, 0.4) is 0 Å². The molecule has 6 aromatic carbocycles. The third-order valence-corrected chi connectivity index (χ3v) is 12.5. The van der Waals surface area contributed by atoms with Gasteiger partial charge in [0.05, 0.1) is 57.2 Å². The van der Waals surface area contributed by atoms with E-state index in [9.17, 15) is 28.8 Å². The van der Waals surface area contributed by atoms with Crippen LogP contribution in [0.15, 0.2) is 164 Å². The molecule has 3 aliphatic heterocycles. The van der Waals surface area contributed by atoms with E-state index >= 15 is 0 Å². The van der Waals surface area contributed by atoms with Gasteiger partial charge in [-0.25, -0.2) is 0 Å². The number of carbonyl (C=O) groups excluding carboxylic acids is 6. The molecule has 0 bridgehead atoms. The van der Waals surface area contributed by atoms with Gasteiger partial charge in [0.25, 0.3) is 17.7 Å². The number of imide groups is 3. The van der Waals surface area contributed by atoms with Crippen molar-refractivity contribution in [3.63, 3.8) is 0 Å². The Morgan fingerprint density at radius 3 is 0.778 bits per heavy atom. The minimum absolute atomic E-state index is 0.185. The second-order valence-corrected chi connectivity index (χ2v) is 18.1. The molecule has 0 saturated carbocycles. The highest BCUT2D eigenvalue weighted by atomic mass is 16.5. The fourth-order valence-electron chi connectivity index (χ4n) is 8.36. The second-order valence-electron chi connectivity index (χ2n) is 18.1. The zero-order chi connectivity index (χ0) is 51.5. The van der Waals surface area contributed by atoms with E-state index in [1.54, 1.807) is 94.1 Å². The van der Waals surface area contributed by atoms with Crippen LogP contribution >= 0.6 is 0 Å². The Morgan fingerprint density at radius 1 is 0.361 bits per heavy atom. The first-order valence-corrected chi connectivity index (χ1v) is 23.2. The van der Waals surface area contributed by atoms with Crippen LogP contribution in [0.4, 0.5) is 0 Å². The molecule has 15 heteroatoms.